The number of halogens is 1. The van der Waals surface area contributed by atoms with Gasteiger partial charge in [0.1, 0.15) is 17.4 Å². The number of phenols is 1. The lowest BCUT2D eigenvalue weighted by molar-refractivity contribution is -0.134. The molecule has 0 aromatic heterocycles. The van der Waals surface area contributed by atoms with Crippen molar-refractivity contribution < 1.29 is 19.4 Å². The van der Waals surface area contributed by atoms with Gasteiger partial charge in [0.2, 0.25) is 5.91 Å². The number of benzene rings is 2. The number of amides is 1. The summed E-state index contributed by atoms with van der Waals surface area (Å²) in [4.78, 5) is 16.7. The van der Waals surface area contributed by atoms with E-state index in [1.165, 1.54) is 12.1 Å². The fourth-order valence-electron chi connectivity index (χ4n) is 4.85. The number of aliphatic hydroxyl groups is 1. The van der Waals surface area contributed by atoms with Crippen molar-refractivity contribution in [2.75, 3.05) is 32.7 Å². The van der Waals surface area contributed by atoms with E-state index in [-0.39, 0.29) is 23.8 Å². The Labute approximate surface area is 204 Å². The van der Waals surface area contributed by atoms with E-state index in [4.69, 9.17) is 11.5 Å². The van der Waals surface area contributed by atoms with Crippen LogP contribution in [0, 0.1) is 5.82 Å². The molecule has 1 amide bonds. The number of piperidine rings is 2. The van der Waals surface area contributed by atoms with Crippen molar-refractivity contribution in [3.05, 3.63) is 64.3 Å². The number of hydrogen-bond donors (Lipinski definition) is 5. The third-order valence-corrected chi connectivity index (χ3v) is 6.80. The number of hydrogen-bond acceptors (Lipinski definition) is 7. The van der Waals surface area contributed by atoms with Gasteiger partial charge in [-0.3, -0.25) is 9.69 Å². The molecular weight excluding hydrogens is 449 g/mol. The molecule has 188 valence electrons. The van der Waals surface area contributed by atoms with E-state index in [9.17, 15) is 19.4 Å². The fraction of sp³-hybridized carbons (Fsp3) is 0.423. The highest BCUT2D eigenvalue weighted by atomic mass is 19.1. The van der Waals surface area contributed by atoms with E-state index in [0.29, 0.717) is 66.5 Å². The summed E-state index contributed by atoms with van der Waals surface area (Å²) in [6, 6.07) is 11.1. The molecule has 0 aliphatic carbocycles. The Morgan fingerprint density at radius 2 is 1.77 bits per heavy atom. The second-order valence-corrected chi connectivity index (χ2v) is 9.36. The lowest BCUT2D eigenvalue weighted by Gasteiger charge is -2.36. The zero-order valence-electron chi connectivity index (χ0n) is 19.8. The molecule has 0 saturated carbocycles. The molecule has 35 heavy (non-hydrogen) atoms. The molecule has 1 atom stereocenters. The number of aromatic hydroxyl groups is 1. The van der Waals surface area contributed by atoms with Gasteiger partial charge in [-0.25, -0.2) is 4.39 Å². The van der Waals surface area contributed by atoms with Crippen LogP contribution in [0.15, 0.2) is 42.5 Å². The predicted molar refractivity (Wildman–Crippen MR) is 132 cm³/mol. The second kappa shape index (κ2) is 11.0. The largest absolute Gasteiger partial charge is 0.507 e. The van der Waals surface area contributed by atoms with Crippen LogP contribution in [0.3, 0.4) is 0 Å². The van der Waals surface area contributed by atoms with E-state index < -0.39 is 5.82 Å². The van der Waals surface area contributed by atoms with Crippen LogP contribution >= 0.6 is 0 Å². The highest BCUT2D eigenvalue weighted by Crippen LogP contribution is 2.21. The number of likely N-dealkylation sites (tertiary alicyclic amines) is 2. The highest BCUT2D eigenvalue weighted by Gasteiger charge is 2.26. The minimum atomic E-state index is -0.543. The number of rotatable bonds is 5. The summed E-state index contributed by atoms with van der Waals surface area (Å²) in [5.74, 6) is -0.229. The third kappa shape index (κ3) is 6.04. The Balaban J connectivity index is 1.50. The monoisotopic (exact) mass is 483 g/mol. The predicted octanol–water partition coefficient (Wildman–Crippen LogP) is -0.292. The van der Waals surface area contributed by atoms with Crippen molar-refractivity contribution in [1.82, 2.24) is 15.1 Å². The topological polar surface area (TPSA) is 128 Å². The number of aliphatic hydroxyl groups excluding tert-OH is 1. The van der Waals surface area contributed by atoms with Gasteiger partial charge < -0.3 is 31.9 Å². The molecule has 1 unspecified atom stereocenters. The van der Waals surface area contributed by atoms with Gasteiger partial charge in [-0.1, -0.05) is 24.3 Å². The maximum atomic E-state index is 13.4. The van der Waals surface area contributed by atoms with Gasteiger partial charge in [-0.2, -0.15) is 0 Å². The molecule has 0 radical (unpaired) electrons. The first-order chi connectivity index (χ1) is 16.8. The number of nitrogens with zero attached hydrogens (tertiary/aromatic N) is 2. The second-order valence-electron chi connectivity index (χ2n) is 9.36. The van der Waals surface area contributed by atoms with Crippen LogP contribution in [0.1, 0.15) is 31.2 Å². The van der Waals surface area contributed by atoms with E-state index in [2.05, 4.69) is 10.2 Å². The van der Waals surface area contributed by atoms with Crippen molar-refractivity contribution >= 4 is 17.4 Å². The van der Waals surface area contributed by atoms with Gasteiger partial charge in [0.25, 0.3) is 0 Å². The molecular formula is C26H34FN5O3. The van der Waals surface area contributed by atoms with Crippen molar-refractivity contribution in [1.29, 1.82) is 0 Å². The van der Waals surface area contributed by atoms with Crippen LogP contribution in [-0.2, 0) is 4.79 Å². The summed E-state index contributed by atoms with van der Waals surface area (Å²) in [6.45, 7) is 3.10. The zero-order valence-corrected chi connectivity index (χ0v) is 19.8. The van der Waals surface area contributed by atoms with Crippen LogP contribution in [0.2, 0.25) is 0 Å². The van der Waals surface area contributed by atoms with E-state index in [1.54, 1.807) is 0 Å². The van der Waals surface area contributed by atoms with Crippen LogP contribution in [0.4, 0.5) is 4.39 Å². The smallest absolute Gasteiger partial charge is 0.236 e. The van der Waals surface area contributed by atoms with Crippen LogP contribution in [-0.4, -0.2) is 70.8 Å². The molecule has 2 heterocycles. The maximum absolute atomic E-state index is 13.4. The molecule has 4 rings (SSSR count). The Morgan fingerprint density at radius 1 is 1.06 bits per heavy atom. The summed E-state index contributed by atoms with van der Waals surface area (Å²) in [7, 11) is 0. The average Bonchev–Trinajstić information content (AvgIpc) is 2.84. The Hall–Kier alpha value is -3.30. The third-order valence-electron chi connectivity index (χ3n) is 6.80. The van der Waals surface area contributed by atoms with Crippen LogP contribution in [0.25, 0.3) is 11.5 Å². The Bertz CT molecular complexity index is 1180. The fourth-order valence-corrected chi connectivity index (χ4v) is 4.85. The van der Waals surface area contributed by atoms with Crippen molar-refractivity contribution in [3.63, 3.8) is 0 Å². The quantitative estimate of drug-likeness (QED) is 0.395. The van der Waals surface area contributed by atoms with Gasteiger partial charge in [0, 0.05) is 47.7 Å². The van der Waals surface area contributed by atoms with Crippen molar-refractivity contribution in [2.24, 2.45) is 11.5 Å². The lowest BCUT2D eigenvalue weighted by Crippen LogP contribution is -2.52. The van der Waals surface area contributed by atoms with Crippen LogP contribution in [0.5, 0.6) is 5.75 Å². The molecule has 8 nitrogen and oxygen atoms in total. The number of phenolic OH excluding ortho intramolecular Hbond substituents is 1. The molecule has 2 aliphatic heterocycles. The Kier molecular flexibility index (Phi) is 7.77. The van der Waals surface area contributed by atoms with Gasteiger partial charge >= 0.3 is 0 Å². The van der Waals surface area contributed by atoms with Crippen LogP contribution < -0.4 is 27.2 Å². The van der Waals surface area contributed by atoms with Gasteiger partial charge in [-0.05, 0) is 44.4 Å². The summed E-state index contributed by atoms with van der Waals surface area (Å²) in [5.41, 5.74) is 13.5. The van der Waals surface area contributed by atoms with E-state index >= 15 is 0 Å². The van der Waals surface area contributed by atoms with Gasteiger partial charge in [0.05, 0.1) is 18.3 Å². The molecule has 0 bridgehead atoms. The summed E-state index contributed by atoms with van der Waals surface area (Å²) in [6.07, 6.45) is 2.83. The summed E-state index contributed by atoms with van der Waals surface area (Å²) >= 11 is 0. The lowest BCUT2D eigenvalue weighted by atomic mass is 10.0. The van der Waals surface area contributed by atoms with Crippen molar-refractivity contribution in [2.45, 2.75) is 37.8 Å². The number of nitrogens with one attached hydrogen (secondary N) is 1. The Morgan fingerprint density at radius 3 is 2.49 bits per heavy atom. The van der Waals surface area contributed by atoms with Gasteiger partial charge in [-0.15, -0.1) is 0 Å². The average molecular weight is 484 g/mol. The minimum Gasteiger partial charge on any atom is -0.507 e. The summed E-state index contributed by atoms with van der Waals surface area (Å²) < 4.78 is 13.4. The molecule has 2 aromatic carbocycles. The number of nitrogens with two attached hydrogens (primary N) is 2. The minimum absolute atomic E-state index is 0.0632. The molecule has 9 heteroatoms. The van der Waals surface area contributed by atoms with Gasteiger partial charge in [0.15, 0.2) is 0 Å². The normalized spacial score (nSPS) is 21.4. The van der Waals surface area contributed by atoms with Crippen molar-refractivity contribution in [3.8, 4) is 5.75 Å². The molecule has 2 aliphatic rings. The standard InChI is InChI=1S/C26H34FN5O3/c27-17-7-8-22(23(34)14-17)25(28)20-5-1-2-6-21(20)26(29)30-18-4-3-11-31(15-18)16-24(35)32-12-9-19(33)10-13-32/h1-2,5-8,14,18-19,30,33-34H,3-4,9-13,15-16,28-29H2/b25-20-,26-21+. The summed E-state index contributed by atoms with van der Waals surface area (Å²) in [5, 5.41) is 24.6. The number of carbonyl (C=O) groups is 1. The zero-order chi connectivity index (χ0) is 24.9. The highest BCUT2D eigenvalue weighted by molar-refractivity contribution is 5.78. The molecule has 0 spiro atoms. The van der Waals surface area contributed by atoms with E-state index in [1.807, 2.05) is 29.2 Å². The SMILES string of the molecule is N/C(c1ccc(F)cc1O)=c1/cccc/c1=C(/N)NC1CCCN(CC(=O)N2CCC(O)CC2)C1. The molecule has 7 N–H and O–H groups in total. The molecule has 2 aromatic rings. The number of carbonyl (C=O) groups excluding carboxylic acids is 1. The first-order valence-electron chi connectivity index (χ1n) is 12.1. The maximum Gasteiger partial charge on any atom is 0.236 e. The van der Waals surface area contributed by atoms with E-state index in [0.717, 1.165) is 25.5 Å². The molecule has 2 saturated heterocycles. The first kappa shape index (κ1) is 24.8. The first-order valence-corrected chi connectivity index (χ1v) is 12.1. The molecule has 2 fully saturated rings.